The first kappa shape index (κ1) is 11.2. The van der Waals surface area contributed by atoms with Crippen molar-refractivity contribution in [3.05, 3.63) is 21.4 Å². The molecule has 1 unspecified atom stereocenters. The molecule has 0 aliphatic carbocycles. The molecule has 3 heteroatoms. The summed E-state index contributed by atoms with van der Waals surface area (Å²) in [6.07, 6.45) is 0.576. The quantitative estimate of drug-likeness (QED) is 0.772. The molecule has 0 aliphatic heterocycles. The van der Waals surface area contributed by atoms with Gasteiger partial charge in [0.1, 0.15) is 0 Å². The third kappa shape index (κ3) is 2.83. The smallest absolute Gasteiger partial charge is 0.0635 e. The Labute approximate surface area is 89.6 Å². The largest absolute Gasteiger partial charge is 0.309 e. The fraction of sp³-hybridized carbons (Fsp3) is 0.545. The second kappa shape index (κ2) is 5.14. The van der Waals surface area contributed by atoms with Crippen LogP contribution in [0.4, 0.5) is 0 Å². The molecule has 0 aliphatic rings. The van der Waals surface area contributed by atoms with Gasteiger partial charge in [-0.05, 0) is 32.4 Å². The summed E-state index contributed by atoms with van der Waals surface area (Å²) in [5, 5.41) is 11.8. The molecule has 1 N–H and O–H groups in total. The minimum absolute atomic E-state index is 0.355. The molecule has 2 nitrogen and oxygen atoms in total. The zero-order chi connectivity index (χ0) is 10.6. The van der Waals surface area contributed by atoms with Gasteiger partial charge >= 0.3 is 0 Å². The van der Waals surface area contributed by atoms with Crippen molar-refractivity contribution >= 4 is 11.3 Å². The van der Waals surface area contributed by atoms with Crippen LogP contribution in [0.25, 0.3) is 0 Å². The monoisotopic (exact) mass is 208 g/mol. The summed E-state index contributed by atoms with van der Waals surface area (Å²) < 4.78 is 0. The van der Waals surface area contributed by atoms with Gasteiger partial charge in [-0.15, -0.1) is 11.3 Å². The number of nitriles is 1. The summed E-state index contributed by atoms with van der Waals surface area (Å²) in [5.41, 5.74) is 1.37. The number of hydrogen-bond acceptors (Lipinski definition) is 3. The van der Waals surface area contributed by atoms with Crippen LogP contribution in [0.1, 0.15) is 34.7 Å². The molecule has 76 valence electrons. The molecule has 0 aromatic carbocycles. The van der Waals surface area contributed by atoms with Gasteiger partial charge < -0.3 is 5.32 Å². The lowest BCUT2D eigenvalue weighted by atomic mass is 10.1. The van der Waals surface area contributed by atoms with Crippen LogP contribution in [0.2, 0.25) is 0 Å². The zero-order valence-corrected chi connectivity index (χ0v) is 9.74. The number of nitrogens with one attached hydrogen (secondary N) is 1. The number of thiophene rings is 1. The van der Waals surface area contributed by atoms with Gasteiger partial charge in [-0.3, -0.25) is 0 Å². The Morgan fingerprint density at radius 1 is 1.57 bits per heavy atom. The summed E-state index contributed by atoms with van der Waals surface area (Å²) in [7, 11) is 0. The van der Waals surface area contributed by atoms with Crippen molar-refractivity contribution in [1.82, 2.24) is 5.32 Å². The Balaban J connectivity index is 2.56. The normalized spacial score (nSPS) is 12.4. The highest BCUT2D eigenvalue weighted by Crippen LogP contribution is 2.25. The van der Waals surface area contributed by atoms with Crippen LogP contribution in [0.3, 0.4) is 0 Å². The van der Waals surface area contributed by atoms with Crippen molar-refractivity contribution in [2.24, 2.45) is 0 Å². The van der Waals surface area contributed by atoms with Gasteiger partial charge in [0.05, 0.1) is 6.07 Å². The predicted octanol–water partition coefficient (Wildman–Crippen LogP) is 2.93. The van der Waals surface area contributed by atoms with Crippen molar-refractivity contribution in [3.8, 4) is 6.07 Å². The lowest BCUT2D eigenvalue weighted by Gasteiger charge is -2.12. The molecule has 0 spiro atoms. The molecular weight excluding hydrogens is 192 g/mol. The fourth-order valence-electron chi connectivity index (χ4n) is 1.53. The highest BCUT2D eigenvalue weighted by atomic mass is 32.1. The minimum Gasteiger partial charge on any atom is -0.309 e. The van der Waals surface area contributed by atoms with Crippen molar-refractivity contribution in [2.45, 2.75) is 33.2 Å². The van der Waals surface area contributed by atoms with Gasteiger partial charge in [0.15, 0.2) is 0 Å². The van der Waals surface area contributed by atoms with E-state index in [1.165, 1.54) is 15.3 Å². The van der Waals surface area contributed by atoms with Gasteiger partial charge in [-0.25, -0.2) is 0 Å². The maximum atomic E-state index is 8.42. The molecular formula is C11H16N2S. The van der Waals surface area contributed by atoms with Crippen LogP contribution in [0.15, 0.2) is 6.07 Å². The summed E-state index contributed by atoms with van der Waals surface area (Å²) >= 11 is 1.83. The summed E-state index contributed by atoms with van der Waals surface area (Å²) in [4.78, 5) is 2.73. The van der Waals surface area contributed by atoms with Crippen LogP contribution in [-0.4, -0.2) is 6.54 Å². The highest BCUT2D eigenvalue weighted by molar-refractivity contribution is 7.12. The highest BCUT2D eigenvalue weighted by Gasteiger charge is 2.09. The maximum Gasteiger partial charge on any atom is 0.0635 e. The van der Waals surface area contributed by atoms with Gasteiger partial charge in [0, 0.05) is 28.8 Å². The van der Waals surface area contributed by atoms with Crippen molar-refractivity contribution in [3.63, 3.8) is 0 Å². The van der Waals surface area contributed by atoms with Gasteiger partial charge in [-0.2, -0.15) is 5.26 Å². The van der Waals surface area contributed by atoms with Crippen LogP contribution in [0.5, 0.6) is 0 Å². The van der Waals surface area contributed by atoms with E-state index < -0.39 is 0 Å². The number of rotatable bonds is 4. The standard InChI is InChI=1S/C11H16N2S/c1-8-7-11(10(3)14-8)9(2)13-6-4-5-12/h7,9,13H,4,6H2,1-3H3. The number of hydrogen-bond donors (Lipinski definition) is 1. The van der Waals surface area contributed by atoms with E-state index in [1.54, 1.807) is 0 Å². The summed E-state index contributed by atoms with van der Waals surface area (Å²) in [6.45, 7) is 7.19. The molecule has 1 heterocycles. The lowest BCUT2D eigenvalue weighted by Crippen LogP contribution is -2.19. The Bertz CT molecular complexity index is 336. The van der Waals surface area contributed by atoms with E-state index in [2.05, 4.69) is 38.2 Å². The van der Waals surface area contributed by atoms with Gasteiger partial charge in [-0.1, -0.05) is 0 Å². The van der Waals surface area contributed by atoms with Gasteiger partial charge in [0.25, 0.3) is 0 Å². The van der Waals surface area contributed by atoms with E-state index in [1.807, 2.05) is 11.3 Å². The van der Waals surface area contributed by atoms with Gasteiger partial charge in [0.2, 0.25) is 0 Å². The van der Waals surface area contributed by atoms with E-state index in [4.69, 9.17) is 5.26 Å². The first-order valence-electron chi connectivity index (χ1n) is 4.82. The Hall–Kier alpha value is -0.850. The van der Waals surface area contributed by atoms with Crippen molar-refractivity contribution < 1.29 is 0 Å². The fourth-order valence-corrected chi connectivity index (χ4v) is 2.56. The van der Waals surface area contributed by atoms with Crippen molar-refractivity contribution in [1.29, 1.82) is 5.26 Å². The molecule has 0 bridgehead atoms. The molecule has 0 saturated heterocycles. The van der Waals surface area contributed by atoms with Crippen LogP contribution < -0.4 is 5.32 Å². The molecule has 14 heavy (non-hydrogen) atoms. The average Bonchev–Trinajstić information content (AvgIpc) is 2.45. The topological polar surface area (TPSA) is 35.8 Å². The maximum absolute atomic E-state index is 8.42. The van der Waals surface area contributed by atoms with Crippen LogP contribution in [-0.2, 0) is 0 Å². The number of nitrogens with zero attached hydrogens (tertiary/aromatic N) is 1. The Morgan fingerprint density at radius 2 is 2.29 bits per heavy atom. The second-order valence-corrected chi connectivity index (χ2v) is 4.91. The molecule has 1 aromatic heterocycles. The molecule has 0 fully saturated rings. The zero-order valence-electron chi connectivity index (χ0n) is 8.92. The molecule has 0 amide bonds. The third-order valence-corrected chi connectivity index (χ3v) is 3.21. The van der Waals surface area contributed by atoms with E-state index in [0.29, 0.717) is 12.5 Å². The third-order valence-electron chi connectivity index (χ3n) is 2.23. The minimum atomic E-state index is 0.355. The molecule has 1 rings (SSSR count). The predicted molar refractivity (Wildman–Crippen MR) is 60.4 cm³/mol. The Kier molecular flexibility index (Phi) is 4.12. The molecule has 0 saturated carbocycles. The SMILES string of the molecule is Cc1cc(C(C)NCCC#N)c(C)s1. The summed E-state index contributed by atoms with van der Waals surface area (Å²) in [5.74, 6) is 0. The van der Waals surface area contributed by atoms with Crippen LogP contribution >= 0.6 is 11.3 Å². The van der Waals surface area contributed by atoms with E-state index in [0.717, 1.165) is 6.54 Å². The number of aryl methyl sites for hydroxylation is 2. The van der Waals surface area contributed by atoms with Crippen molar-refractivity contribution in [2.75, 3.05) is 6.54 Å². The van der Waals surface area contributed by atoms with E-state index in [-0.39, 0.29) is 0 Å². The molecule has 1 atom stereocenters. The first-order valence-corrected chi connectivity index (χ1v) is 5.64. The average molecular weight is 208 g/mol. The van der Waals surface area contributed by atoms with E-state index in [9.17, 15) is 0 Å². The molecule has 0 radical (unpaired) electrons. The Morgan fingerprint density at radius 3 is 2.79 bits per heavy atom. The summed E-state index contributed by atoms with van der Waals surface area (Å²) in [6, 6.07) is 4.72. The first-order chi connectivity index (χ1) is 6.65. The van der Waals surface area contributed by atoms with E-state index >= 15 is 0 Å². The lowest BCUT2D eigenvalue weighted by molar-refractivity contribution is 0.582. The second-order valence-electron chi connectivity index (χ2n) is 3.45. The van der Waals surface area contributed by atoms with Crippen LogP contribution in [0, 0.1) is 25.2 Å². The molecule has 1 aromatic rings.